The van der Waals surface area contributed by atoms with Crippen molar-refractivity contribution in [1.29, 1.82) is 0 Å². The van der Waals surface area contributed by atoms with Gasteiger partial charge >= 0.3 is 0 Å². The number of aryl methyl sites for hydroxylation is 1. The minimum atomic E-state index is -0.287. The van der Waals surface area contributed by atoms with E-state index in [4.69, 9.17) is 0 Å². The molecule has 0 spiro atoms. The number of halogens is 1. The number of hydrogen-bond donors (Lipinski definition) is 1. The van der Waals surface area contributed by atoms with Gasteiger partial charge in [-0.25, -0.2) is 4.39 Å². The molecule has 116 valence electrons. The predicted octanol–water partition coefficient (Wildman–Crippen LogP) is 4.74. The summed E-state index contributed by atoms with van der Waals surface area (Å²) in [6.07, 6.45) is 5.85. The highest BCUT2D eigenvalue weighted by Gasteiger charge is 2.08. The summed E-state index contributed by atoms with van der Waals surface area (Å²) in [6.45, 7) is 2.07. The zero-order valence-electron chi connectivity index (χ0n) is 12.5. The first kappa shape index (κ1) is 15.4. The zero-order valence-corrected chi connectivity index (χ0v) is 13.4. The largest absolute Gasteiger partial charge is 0.288 e. The van der Waals surface area contributed by atoms with E-state index in [9.17, 15) is 9.18 Å². The lowest BCUT2D eigenvalue weighted by molar-refractivity contribution is 0.105. The highest BCUT2D eigenvalue weighted by atomic mass is 32.1. The van der Waals surface area contributed by atoms with E-state index in [1.165, 1.54) is 28.3 Å². The highest BCUT2D eigenvalue weighted by Crippen LogP contribution is 2.23. The number of aromatic nitrogens is 2. The van der Waals surface area contributed by atoms with Gasteiger partial charge in [-0.05, 0) is 55.0 Å². The molecule has 23 heavy (non-hydrogen) atoms. The second-order valence-corrected chi connectivity index (χ2v) is 6.19. The highest BCUT2D eigenvalue weighted by molar-refractivity contribution is 7.14. The third-order valence-corrected chi connectivity index (χ3v) is 4.71. The maximum absolute atomic E-state index is 13.0. The molecule has 0 saturated heterocycles. The number of carbonyl (C=O) groups excluding carboxylic acids is 1. The summed E-state index contributed by atoms with van der Waals surface area (Å²) < 4.78 is 13.0. The maximum atomic E-state index is 13.0. The number of carbonyl (C=O) groups is 1. The van der Waals surface area contributed by atoms with Gasteiger partial charge in [0, 0.05) is 16.0 Å². The average Bonchev–Trinajstić information content (AvgIpc) is 3.22. The Labute approximate surface area is 137 Å². The van der Waals surface area contributed by atoms with Gasteiger partial charge in [0.05, 0.1) is 16.8 Å². The van der Waals surface area contributed by atoms with Crippen LogP contribution in [-0.2, 0) is 6.42 Å². The molecule has 0 aliphatic carbocycles. The Kier molecular flexibility index (Phi) is 4.48. The second kappa shape index (κ2) is 6.71. The standard InChI is InChI=1S/C18H15FN2OS/c1-2-15-8-10-17(23-15)16(22)9-5-13-11-20-21-18(13)12-3-6-14(19)7-4-12/h3-11H,2H2,1H3,(H,20,21)/b9-5+. The Bertz CT molecular complexity index is 846. The normalized spacial score (nSPS) is 11.2. The molecule has 0 saturated carbocycles. The molecule has 1 N–H and O–H groups in total. The van der Waals surface area contributed by atoms with Gasteiger partial charge in [0.15, 0.2) is 5.78 Å². The van der Waals surface area contributed by atoms with Crippen LogP contribution in [0.25, 0.3) is 17.3 Å². The van der Waals surface area contributed by atoms with Crippen molar-refractivity contribution in [2.75, 3.05) is 0 Å². The average molecular weight is 326 g/mol. The summed E-state index contributed by atoms with van der Waals surface area (Å²) in [5.74, 6) is -0.314. The van der Waals surface area contributed by atoms with E-state index in [1.807, 2.05) is 12.1 Å². The van der Waals surface area contributed by atoms with Gasteiger partial charge in [-0.2, -0.15) is 5.10 Å². The molecule has 3 aromatic rings. The molecule has 0 aliphatic rings. The second-order valence-electron chi connectivity index (χ2n) is 5.02. The minimum absolute atomic E-state index is 0.0269. The third kappa shape index (κ3) is 3.46. The van der Waals surface area contributed by atoms with Gasteiger partial charge in [-0.1, -0.05) is 6.92 Å². The van der Waals surface area contributed by atoms with Crippen LogP contribution in [0.4, 0.5) is 4.39 Å². The van der Waals surface area contributed by atoms with Crippen LogP contribution in [0.5, 0.6) is 0 Å². The Morgan fingerprint density at radius 2 is 2.04 bits per heavy atom. The maximum Gasteiger partial charge on any atom is 0.195 e. The Morgan fingerprint density at radius 1 is 1.26 bits per heavy atom. The van der Waals surface area contributed by atoms with Crippen molar-refractivity contribution in [2.24, 2.45) is 0 Å². The van der Waals surface area contributed by atoms with Crippen LogP contribution in [0.3, 0.4) is 0 Å². The fraction of sp³-hybridized carbons (Fsp3) is 0.111. The van der Waals surface area contributed by atoms with Crippen LogP contribution in [0.1, 0.15) is 27.0 Å². The summed E-state index contributed by atoms with van der Waals surface area (Å²) in [7, 11) is 0. The predicted molar refractivity (Wildman–Crippen MR) is 91.0 cm³/mol. The fourth-order valence-electron chi connectivity index (χ4n) is 2.22. The SMILES string of the molecule is CCc1ccc(C(=O)/C=C/c2cn[nH]c2-c2ccc(F)cc2)s1. The smallest absolute Gasteiger partial charge is 0.195 e. The van der Waals surface area contributed by atoms with E-state index in [2.05, 4.69) is 17.1 Å². The topological polar surface area (TPSA) is 45.8 Å². The minimum Gasteiger partial charge on any atom is -0.288 e. The van der Waals surface area contributed by atoms with Crippen molar-refractivity contribution < 1.29 is 9.18 Å². The molecule has 0 fully saturated rings. The number of rotatable bonds is 5. The van der Waals surface area contributed by atoms with Gasteiger partial charge in [0.25, 0.3) is 0 Å². The van der Waals surface area contributed by atoms with E-state index in [1.54, 1.807) is 30.5 Å². The monoisotopic (exact) mass is 326 g/mol. The summed E-state index contributed by atoms with van der Waals surface area (Å²) in [5.41, 5.74) is 2.37. The molecule has 3 rings (SSSR count). The lowest BCUT2D eigenvalue weighted by atomic mass is 10.1. The van der Waals surface area contributed by atoms with Crippen LogP contribution < -0.4 is 0 Å². The number of aromatic amines is 1. The summed E-state index contributed by atoms with van der Waals surface area (Å²) in [5, 5.41) is 6.90. The summed E-state index contributed by atoms with van der Waals surface area (Å²) >= 11 is 1.51. The number of allylic oxidation sites excluding steroid dienone is 1. The lowest BCUT2D eigenvalue weighted by Crippen LogP contribution is -1.89. The van der Waals surface area contributed by atoms with Gasteiger partial charge in [-0.3, -0.25) is 9.89 Å². The van der Waals surface area contributed by atoms with Crippen LogP contribution in [0, 0.1) is 5.82 Å². The molecular formula is C18H15FN2OS. The van der Waals surface area contributed by atoms with Gasteiger partial charge < -0.3 is 0 Å². The molecule has 5 heteroatoms. The van der Waals surface area contributed by atoms with E-state index >= 15 is 0 Å². The number of nitrogens with zero attached hydrogens (tertiary/aromatic N) is 1. The van der Waals surface area contributed by atoms with Crippen LogP contribution >= 0.6 is 11.3 Å². The van der Waals surface area contributed by atoms with Crippen molar-refractivity contribution in [1.82, 2.24) is 10.2 Å². The zero-order chi connectivity index (χ0) is 16.2. The first-order valence-corrected chi connectivity index (χ1v) is 8.09. The molecule has 3 nitrogen and oxygen atoms in total. The van der Waals surface area contributed by atoms with Crippen LogP contribution in [0.15, 0.2) is 48.7 Å². The van der Waals surface area contributed by atoms with Crippen molar-refractivity contribution in [3.63, 3.8) is 0 Å². The summed E-state index contributed by atoms with van der Waals surface area (Å²) in [6, 6.07) is 9.98. The molecule has 0 bridgehead atoms. The molecule has 2 aromatic heterocycles. The van der Waals surface area contributed by atoms with Gasteiger partial charge in [0.2, 0.25) is 0 Å². The molecule has 2 heterocycles. The molecule has 0 radical (unpaired) electrons. The summed E-state index contributed by atoms with van der Waals surface area (Å²) in [4.78, 5) is 14.1. The van der Waals surface area contributed by atoms with Gasteiger partial charge in [-0.15, -0.1) is 11.3 Å². The van der Waals surface area contributed by atoms with E-state index in [0.717, 1.165) is 28.1 Å². The number of benzene rings is 1. The van der Waals surface area contributed by atoms with Crippen molar-refractivity contribution in [2.45, 2.75) is 13.3 Å². The molecule has 0 amide bonds. The van der Waals surface area contributed by atoms with Crippen LogP contribution in [0.2, 0.25) is 0 Å². The molecular weight excluding hydrogens is 311 g/mol. The number of H-pyrrole nitrogens is 1. The van der Waals surface area contributed by atoms with Crippen LogP contribution in [-0.4, -0.2) is 16.0 Å². The van der Waals surface area contributed by atoms with Gasteiger partial charge in [0.1, 0.15) is 5.82 Å². The fourth-order valence-corrected chi connectivity index (χ4v) is 3.09. The Hall–Kier alpha value is -2.53. The number of ketones is 1. The Balaban J connectivity index is 1.82. The number of nitrogens with one attached hydrogen (secondary N) is 1. The van der Waals surface area contributed by atoms with E-state index < -0.39 is 0 Å². The third-order valence-electron chi connectivity index (χ3n) is 3.47. The van der Waals surface area contributed by atoms with E-state index in [0.29, 0.717) is 0 Å². The van der Waals surface area contributed by atoms with Crippen molar-refractivity contribution in [3.05, 3.63) is 69.8 Å². The van der Waals surface area contributed by atoms with Crippen molar-refractivity contribution in [3.8, 4) is 11.3 Å². The lowest BCUT2D eigenvalue weighted by Gasteiger charge is -1.99. The quantitative estimate of drug-likeness (QED) is 0.544. The molecule has 1 aromatic carbocycles. The first-order chi connectivity index (χ1) is 11.2. The molecule has 0 unspecified atom stereocenters. The van der Waals surface area contributed by atoms with Crippen molar-refractivity contribution >= 4 is 23.2 Å². The van der Waals surface area contributed by atoms with E-state index in [-0.39, 0.29) is 11.6 Å². The number of thiophene rings is 1. The molecule has 0 atom stereocenters. The first-order valence-electron chi connectivity index (χ1n) is 7.28. The Morgan fingerprint density at radius 3 is 2.74 bits per heavy atom. The molecule has 0 aliphatic heterocycles. The number of hydrogen-bond acceptors (Lipinski definition) is 3.